The molecule has 0 N–H and O–H groups in total. The van der Waals surface area contributed by atoms with Crippen molar-refractivity contribution in [2.75, 3.05) is 13.1 Å². The first-order valence-corrected chi connectivity index (χ1v) is 6.17. The van der Waals surface area contributed by atoms with E-state index in [9.17, 15) is 4.79 Å². The van der Waals surface area contributed by atoms with E-state index in [1.165, 1.54) is 4.90 Å². The van der Waals surface area contributed by atoms with Crippen LogP contribution in [0.4, 0.5) is 4.79 Å². The molecule has 0 unspecified atom stereocenters. The Bertz CT molecular complexity index is 386. The largest absolute Gasteiger partial charge is 0.444 e. The molecule has 0 aliphatic rings. The van der Waals surface area contributed by atoms with E-state index in [1.54, 1.807) is 20.8 Å². The molecular formula is C13H22N4O2. The molecular weight excluding hydrogens is 244 g/mol. The molecule has 0 aliphatic carbocycles. The van der Waals surface area contributed by atoms with E-state index in [-0.39, 0.29) is 25.0 Å². The number of hydrogen-bond donors (Lipinski definition) is 0. The predicted molar refractivity (Wildman–Crippen MR) is 74.4 cm³/mol. The molecule has 0 saturated heterocycles. The summed E-state index contributed by atoms with van der Waals surface area (Å²) < 4.78 is 5.32. The van der Waals surface area contributed by atoms with Gasteiger partial charge in [0.25, 0.3) is 0 Å². The van der Waals surface area contributed by atoms with Gasteiger partial charge < -0.3 is 4.74 Å². The normalized spacial score (nSPS) is 12.3. The van der Waals surface area contributed by atoms with E-state index in [0.717, 1.165) is 0 Å². The zero-order valence-electron chi connectivity index (χ0n) is 12.3. The zero-order valence-corrected chi connectivity index (χ0v) is 12.3. The van der Waals surface area contributed by atoms with Crippen molar-refractivity contribution in [1.82, 2.24) is 4.90 Å². The number of rotatable bonds is 5. The van der Waals surface area contributed by atoms with Crippen molar-refractivity contribution < 1.29 is 9.53 Å². The Labute approximate surface area is 114 Å². The van der Waals surface area contributed by atoms with Crippen LogP contribution in [0.15, 0.2) is 5.11 Å². The lowest BCUT2D eigenvalue weighted by molar-refractivity contribution is 0.0156. The first kappa shape index (κ1) is 17.1. The third kappa shape index (κ3) is 6.58. The smallest absolute Gasteiger partial charge is 0.411 e. The molecule has 0 aromatic heterocycles. The fourth-order valence-corrected chi connectivity index (χ4v) is 1.53. The molecule has 19 heavy (non-hydrogen) atoms. The Hall–Kier alpha value is -1.86. The second kappa shape index (κ2) is 7.55. The fraction of sp³-hybridized carbons (Fsp3) is 0.769. The molecule has 0 aromatic rings. The van der Waals surface area contributed by atoms with Gasteiger partial charge in [-0.3, -0.25) is 4.90 Å². The van der Waals surface area contributed by atoms with Crippen LogP contribution in [0, 0.1) is 18.3 Å². The summed E-state index contributed by atoms with van der Waals surface area (Å²) in [5.41, 5.74) is 7.82. The van der Waals surface area contributed by atoms with Gasteiger partial charge in [0.2, 0.25) is 0 Å². The first-order valence-electron chi connectivity index (χ1n) is 6.17. The summed E-state index contributed by atoms with van der Waals surface area (Å²) in [4.78, 5) is 16.3. The molecule has 1 atom stereocenters. The molecule has 0 radical (unpaired) electrons. The molecule has 0 rings (SSSR count). The van der Waals surface area contributed by atoms with Crippen molar-refractivity contribution >= 4 is 6.09 Å². The van der Waals surface area contributed by atoms with Crippen LogP contribution in [0.25, 0.3) is 10.4 Å². The molecule has 0 bridgehead atoms. The van der Waals surface area contributed by atoms with Crippen LogP contribution >= 0.6 is 0 Å². The minimum Gasteiger partial charge on any atom is -0.444 e. The molecule has 6 nitrogen and oxygen atoms in total. The first-order chi connectivity index (χ1) is 8.72. The Morgan fingerprint density at radius 1 is 1.53 bits per heavy atom. The molecule has 0 saturated carbocycles. The number of azide groups is 1. The van der Waals surface area contributed by atoms with Gasteiger partial charge in [-0.25, -0.2) is 4.79 Å². The second-order valence-corrected chi connectivity index (χ2v) is 5.54. The fourth-order valence-electron chi connectivity index (χ4n) is 1.53. The molecule has 0 aromatic carbocycles. The molecule has 0 heterocycles. The highest BCUT2D eigenvalue weighted by atomic mass is 16.6. The minimum atomic E-state index is -0.593. The number of hydrogen-bond acceptors (Lipinski definition) is 3. The SMILES string of the molecule is C#CCN(C(=O)OC(C)(C)C)[C@H](CN=[N+]=[N-])C(C)C. The monoisotopic (exact) mass is 266 g/mol. The van der Waals surface area contributed by atoms with E-state index in [2.05, 4.69) is 15.9 Å². The van der Waals surface area contributed by atoms with Gasteiger partial charge in [-0.15, -0.1) is 6.42 Å². The van der Waals surface area contributed by atoms with E-state index in [1.807, 2.05) is 13.8 Å². The van der Waals surface area contributed by atoms with Crippen molar-refractivity contribution in [3.8, 4) is 12.3 Å². The van der Waals surface area contributed by atoms with E-state index in [4.69, 9.17) is 16.7 Å². The summed E-state index contributed by atoms with van der Waals surface area (Å²) in [6, 6.07) is -0.276. The lowest BCUT2D eigenvalue weighted by Gasteiger charge is -2.33. The lowest BCUT2D eigenvalue weighted by Crippen LogP contribution is -2.47. The average Bonchev–Trinajstić information content (AvgIpc) is 2.25. The average molecular weight is 266 g/mol. The van der Waals surface area contributed by atoms with E-state index >= 15 is 0 Å². The van der Waals surface area contributed by atoms with Crippen LogP contribution in [0.1, 0.15) is 34.6 Å². The summed E-state index contributed by atoms with van der Waals surface area (Å²) in [7, 11) is 0. The van der Waals surface area contributed by atoms with Crippen LogP contribution in [-0.4, -0.2) is 35.7 Å². The molecule has 6 heteroatoms. The summed E-state index contributed by atoms with van der Waals surface area (Å²) in [6.45, 7) is 9.54. The predicted octanol–water partition coefficient (Wildman–Crippen LogP) is 3.19. The Kier molecular flexibility index (Phi) is 6.81. The number of carbonyl (C=O) groups is 1. The highest BCUT2D eigenvalue weighted by molar-refractivity contribution is 5.69. The van der Waals surface area contributed by atoms with Gasteiger partial charge in [-0.2, -0.15) is 0 Å². The van der Waals surface area contributed by atoms with Crippen LogP contribution in [0.2, 0.25) is 0 Å². The standard InChI is InChI=1S/C13H22N4O2/c1-7-8-17(12(18)19-13(4,5)6)11(10(2)3)9-15-16-14/h1,10-11H,8-9H2,2-6H3/t11-/m1/s1. The maximum Gasteiger partial charge on any atom is 0.411 e. The topological polar surface area (TPSA) is 78.3 Å². The van der Waals surface area contributed by atoms with E-state index in [0.29, 0.717) is 0 Å². The maximum atomic E-state index is 12.1. The zero-order chi connectivity index (χ0) is 15.1. The lowest BCUT2D eigenvalue weighted by atomic mass is 10.0. The van der Waals surface area contributed by atoms with Gasteiger partial charge in [-0.1, -0.05) is 24.9 Å². The van der Waals surface area contributed by atoms with E-state index < -0.39 is 11.7 Å². The number of amides is 1. The van der Waals surface area contributed by atoms with Crippen molar-refractivity contribution in [1.29, 1.82) is 0 Å². The number of nitrogens with zero attached hydrogens (tertiary/aromatic N) is 4. The summed E-state index contributed by atoms with van der Waals surface area (Å²) in [5, 5.41) is 3.54. The summed E-state index contributed by atoms with van der Waals surface area (Å²) in [5.74, 6) is 2.54. The van der Waals surface area contributed by atoms with Crippen LogP contribution in [0.5, 0.6) is 0 Å². The van der Waals surface area contributed by atoms with Gasteiger partial charge in [0, 0.05) is 17.5 Å². The highest BCUT2D eigenvalue weighted by Gasteiger charge is 2.29. The molecule has 0 aliphatic heterocycles. The summed E-state index contributed by atoms with van der Waals surface area (Å²) in [6.07, 6.45) is 4.81. The Balaban J connectivity index is 5.08. The molecule has 106 valence electrons. The maximum absolute atomic E-state index is 12.1. The number of carbonyl (C=O) groups excluding carboxylic acids is 1. The van der Waals surface area contributed by atoms with Crippen molar-refractivity contribution in [3.05, 3.63) is 10.4 Å². The van der Waals surface area contributed by atoms with Crippen molar-refractivity contribution in [2.24, 2.45) is 11.0 Å². The number of terminal acetylenes is 1. The van der Waals surface area contributed by atoms with Crippen LogP contribution in [0.3, 0.4) is 0 Å². The van der Waals surface area contributed by atoms with Gasteiger partial charge in [0.05, 0.1) is 6.54 Å². The minimum absolute atomic E-state index is 0.103. The third-order valence-electron chi connectivity index (χ3n) is 2.39. The quantitative estimate of drug-likeness (QED) is 0.331. The van der Waals surface area contributed by atoms with Gasteiger partial charge >= 0.3 is 6.09 Å². The van der Waals surface area contributed by atoms with Gasteiger partial charge in [-0.05, 0) is 32.2 Å². The van der Waals surface area contributed by atoms with Crippen molar-refractivity contribution in [2.45, 2.75) is 46.3 Å². The summed E-state index contributed by atoms with van der Waals surface area (Å²) >= 11 is 0. The van der Waals surface area contributed by atoms with Gasteiger partial charge in [0.15, 0.2) is 0 Å². The van der Waals surface area contributed by atoms with Crippen molar-refractivity contribution in [3.63, 3.8) is 0 Å². The van der Waals surface area contributed by atoms with Gasteiger partial charge in [0.1, 0.15) is 5.60 Å². The Morgan fingerprint density at radius 2 is 2.11 bits per heavy atom. The molecule has 0 spiro atoms. The second-order valence-electron chi connectivity index (χ2n) is 5.54. The highest BCUT2D eigenvalue weighted by Crippen LogP contribution is 2.16. The van der Waals surface area contributed by atoms with Crippen LogP contribution in [-0.2, 0) is 4.74 Å². The number of ether oxygens (including phenoxy) is 1. The van der Waals surface area contributed by atoms with Crippen LogP contribution < -0.4 is 0 Å². The molecule has 1 amide bonds. The third-order valence-corrected chi connectivity index (χ3v) is 2.39. The molecule has 0 fully saturated rings. The Morgan fingerprint density at radius 3 is 2.47 bits per heavy atom.